The number of aromatic carboxylic acids is 1. The second-order valence-electron chi connectivity index (χ2n) is 6.03. The van der Waals surface area contributed by atoms with E-state index in [0.717, 1.165) is 30.9 Å². The van der Waals surface area contributed by atoms with Gasteiger partial charge in [0.1, 0.15) is 11.6 Å². The maximum Gasteiger partial charge on any atom is 0.356 e. The van der Waals surface area contributed by atoms with Crippen LogP contribution in [0.3, 0.4) is 0 Å². The summed E-state index contributed by atoms with van der Waals surface area (Å²) in [4.78, 5) is 25.9. The molecule has 2 atom stereocenters. The smallest absolute Gasteiger partial charge is 0.356 e. The minimum Gasteiger partial charge on any atom is -0.476 e. The molecule has 0 amide bonds. The lowest BCUT2D eigenvalue weighted by molar-refractivity contribution is 0.0690. The van der Waals surface area contributed by atoms with Crippen molar-refractivity contribution in [2.24, 2.45) is 7.05 Å². The van der Waals surface area contributed by atoms with Crippen LogP contribution in [0.5, 0.6) is 0 Å². The molecule has 0 aromatic carbocycles. The molecule has 0 saturated carbocycles. The van der Waals surface area contributed by atoms with Crippen molar-refractivity contribution >= 4 is 17.4 Å². The van der Waals surface area contributed by atoms with Crippen molar-refractivity contribution in [1.29, 1.82) is 0 Å². The number of carboxylic acid groups (broad SMARTS) is 1. The zero-order valence-corrected chi connectivity index (χ0v) is 12.8. The number of aromatic nitrogens is 4. The monoisotopic (exact) mass is 311 g/mol. The predicted molar refractivity (Wildman–Crippen MR) is 84.1 cm³/mol. The Morgan fingerprint density at radius 1 is 1.26 bits per heavy atom. The third-order valence-corrected chi connectivity index (χ3v) is 4.63. The van der Waals surface area contributed by atoms with Crippen LogP contribution in [0.25, 0.3) is 5.57 Å². The molecule has 4 heterocycles. The van der Waals surface area contributed by atoms with E-state index < -0.39 is 5.97 Å². The molecule has 2 unspecified atom stereocenters. The van der Waals surface area contributed by atoms with E-state index in [1.54, 1.807) is 6.20 Å². The summed E-state index contributed by atoms with van der Waals surface area (Å²) in [5.74, 6) is 0.717. The van der Waals surface area contributed by atoms with Gasteiger partial charge in [0.15, 0.2) is 5.69 Å². The van der Waals surface area contributed by atoms with Crippen LogP contribution in [0, 0.1) is 0 Å². The highest BCUT2D eigenvalue weighted by atomic mass is 16.4. The molecule has 1 fully saturated rings. The molecule has 0 radical (unpaired) electrons. The lowest BCUT2D eigenvalue weighted by atomic mass is 10.0. The van der Waals surface area contributed by atoms with Crippen molar-refractivity contribution < 1.29 is 9.90 Å². The summed E-state index contributed by atoms with van der Waals surface area (Å²) in [6.07, 6.45) is 12.0. The highest BCUT2D eigenvalue weighted by molar-refractivity contribution is 5.85. The van der Waals surface area contributed by atoms with E-state index in [2.05, 4.69) is 25.9 Å². The van der Waals surface area contributed by atoms with Gasteiger partial charge in [-0.1, -0.05) is 6.08 Å². The van der Waals surface area contributed by atoms with E-state index in [0.29, 0.717) is 6.04 Å². The van der Waals surface area contributed by atoms with Gasteiger partial charge in [-0.25, -0.2) is 19.7 Å². The van der Waals surface area contributed by atoms with Gasteiger partial charge >= 0.3 is 5.97 Å². The first kappa shape index (κ1) is 13.9. The van der Waals surface area contributed by atoms with E-state index in [4.69, 9.17) is 5.11 Å². The van der Waals surface area contributed by atoms with E-state index >= 15 is 0 Å². The van der Waals surface area contributed by atoms with Gasteiger partial charge < -0.3 is 14.6 Å². The number of rotatable bonds is 3. The van der Waals surface area contributed by atoms with Gasteiger partial charge in [-0.3, -0.25) is 0 Å². The quantitative estimate of drug-likeness (QED) is 0.929. The van der Waals surface area contributed by atoms with Crippen molar-refractivity contribution in [3.8, 4) is 0 Å². The average molecular weight is 311 g/mol. The fourth-order valence-corrected chi connectivity index (χ4v) is 3.59. The second kappa shape index (κ2) is 5.19. The van der Waals surface area contributed by atoms with E-state index in [-0.39, 0.29) is 11.7 Å². The second-order valence-corrected chi connectivity index (χ2v) is 6.03. The number of imidazole rings is 1. The Balaban J connectivity index is 1.64. The summed E-state index contributed by atoms with van der Waals surface area (Å²) in [7, 11) is 2.01. The number of hydrogen-bond donors (Lipinski definition) is 1. The van der Waals surface area contributed by atoms with Gasteiger partial charge in [-0.15, -0.1) is 0 Å². The standard InChI is InChI=1S/C16H17N5O2/c1-20-5-4-17-15(20)10-6-11-2-3-12(7-10)21(11)14-9-18-13(8-19-14)16(22)23/h4-6,8-9,11-12H,2-3,7H2,1H3,(H,22,23). The third-order valence-electron chi connectivity index (χ3n) is 4.63. The molecule has 2 aromatic heterocycles. The molecule has 2 aromatic rings. The molecule has 2 aliphatic rings. The number of carboxylic acids is 1. The minimum absolute atomic E-state index is 0.0256. The molecule has 1 N–H and O–H groups in total. The van der Waals surface area contributed by atoms with Crippen LogP contribution in [-0.2, 0) is 7.05 Å². The molecule has 1 saturated heterocycles. The Labute approximate surface area is 133 Å². The van der Waals surface area contributed by atoms with Crippen molar-refractivity contribution in [1.82, 2.24) is 19.5 Å². The van der Waals surface area contributed by atoms with Crippen LogP contribution >= 0.6 is 0 Å². The Hall–Kier alpha value is -2.70. The molecule has 118 valence electrons. The molecular formula is C16H17N5O2. The molecular weight excluding hydrogens is 294 g/mol. The first-order chi connectivity index (χ1) is 11.1. The van der Waals surface area contributed by atoms with Gasteiger partial charge in [-0.2, -0.15) is 0 Å². The fraction of sp³-hybridized carbons (Fsp3) is 0.375. The van der Waals surface area contributed by atoms with Gasteiger partial charge in [0, 0.05) is 31.5 Å². The maximum absolute atomic E-state index is 10.9. The van der Waals surface area contributed by atoms with Crippen molar-refractivity contribution in [2.45, 2.75) is 31.3 Å². The Kier molecular flexibility index (Phi) is 3.14. The number of hydrogen-bond acceptors (Lipinski definition) is 5. The zero-order valence-electron chi connectivity index (χ0n) is 12.8. The zero-order chi connectivity index (χ0) is 16.0. The first-order valence-corrected chi connectivity index (χ1v) is 7.65. The summed E-state index contributed by atoms with van der Waals surface area (Å²) in [5.41, 5.74) is 1.25. The van der Waals surface area contributed by atoms with Crippen molar-refractivity contribution in [3.63, 3.8) is 0 Å². The maximum atomic E-state index is 10.9. The summed E-state index contributed by atoms with van der Waals surface area (Å²) >= 11 is 0. The van der Waals surface area contributed by atoms with Crippen LogP contribution in [0.15, 0.2) is 30.9 Å². The molecule has 0 spiro atoms. The van der Waals surface area contributed by atoms with Crippen LogP contribution in [0.1, 0.15) is 35.6 Å². The number of fused-ring (bicyclic) bond motifs is 2. The molecule has 23 heavy (non-hydrogen) atoms. The molecule has 2 bridgehead atoms. The van der Waals surface area contributed by atoms with E-state index in [1.165, 1.54) is 11.8 Å². The molecule has 0 aliphatic carbocycles. The van der Waals surface area contributed by atoms with Gasteiger partial charge in [0.05, 0.1) is 12.4 Å². The van der Waals surface area contributed by atoms with Crippen molar-refractivity contribution in [2.75, 3.05) is 4.90 Å². The normalized spacial score (nSPS) is 23.0. The third kappa shape index (κ3) is 2.28. The predicted octanol–water partition coefficient (Wildman–Crippen LogP) is 1.73. The van der Waals surface area contributed by atoms with Gasteiger partial charge in [-0.05, 0) is 24.8 Å². The fourth-order valence-electron chi connectivity index (χ4n) is 3.59. The summed E-state index contributed by atoms with van der Waals surface area (Å²) < 4.78 is 2.04. The SMILES string of the molecule is Cn1ccnc1C1=CC2CCC(C1)N2c1cnc(C(=O)O)cn1. The molecule has 2 aliphatic heterocycles. The first-order valence-electron chi connectivity index (χ1n) is 7.65. The molecule has 7 heteroatoms. The van der Waals surface area contributed by atoms with Gasteiger partial charge in [0.25, 0.3) is 0 Å². The van der Waals surface area contributed by atoms with E-state index in [9.17, 15) is 4.79 Å². The Bertz CT molecular complexity index is 780. The lowest BCUT2D eigenvalue weighted by Gasteiger charge is -2.34. The largest absolute Gasteiger partial charge is 0.476 e. The summed E-state index contributed by atoms with van der Waals surface area (Å²) in [5, 5.41) is 8.93. The Morgan fingerprint density at radius 2 is 2.13 bits per heavy atom. The average Bonchev–Trinajstić information content (AvgIpc) is 3.08. The number of nitrogens with zero attached hydrogens (tertiary/aromatic N) is 5. The lowest BCUT2D eigenvalue weighted by Crippen LogP contribution is -2.39. The summed E-state index contributed by atoms with van der Waals surface area (Å²) in [6, 6.07) is 0.632. The number of anilines is 1. The van der Waals surface area contributed by atoms with Crippen molar-refractivity contribution in [3.05, 3.63) is 42.4 Å². The molecule has 7 nitrogen and oxygen atoms in total. The van der Waals surface area contributed by atoms with Crippen LogP contribution in [0.2, 0.25) is 0 Å². The Morgan fingerprint density at radius 3 is 2.74 bits per heavy atom. The van der Waals surface area contributed by atoms with Crippen LogP contribution in [-0.4, -0.2) is 42.7 Å². The highest BCUT2D eigenvalue weighted by Crippen LogP contribution is 2.40. The van der Waals surface area contributed by atoms with Crippen LogP contribution < -0.4 is 4.90 Å². The van der Waals surface area contributed by atoms with Crippen LogP contribution in [0.4, 0.5) is 5.82 Å². The number of aryl methyl sites for hydroxylation is 1. The number of carbonyl (C=O) groups is 1. The molecule has 4 rings (SSSR count). The van der Waals surface area contributed by atoms with E-state index in [1.807, 2.05) is 24.0 Å². The van der Waals surface area contributed by atoms with Gasteiger partial charge in [0.2, 0.25) is 0 Å². The minimum atomic E-state index is -1.05. The highest BCUT2D eigenvalue weighted by Gasteiger charge is 2.38. The summed E-state index contributed by atoms with van der Waals surface area (Å²) in [6.45, 7) is 0. The topological polar surface area (TPSA) is 84.1 Å².